The number of halogens is 7. The van der Waals surface area contributed by atoms with Crippen LogP contribution in [0.5, 0.6) is 23.0 Å². The number of fused-ring (bicyclic) bond motifs is 3. The van der Waals surface area contributed by atoms with Gasteiger partial charge in [0.2, 0.25) is 35.4 Å². The van der Waals surface area contributed by atoms with Gasteiger partial charge in [-0.25, -0.2) is 80.4 Å². The molecule has 13 amide bonds. The summed E-state index contributed by atoms with van der Waals surface area (Å²) in [6.07, 6.45) is 0.261. The molecule has 768 valence electrons. The number of nitrogens with one attached hydrogen (secondary N) is 5. The summed E-state index contributed by atoms with van der Waals surface area (Å²) in [5.41, 5.74) is 4.53. The first-order valence-electron chi connectivity index (χ1n) is 46.7. The minimum Gasteiger partial charge on any atom is -1.00 e. The number of hydrogen-bond donors (Lipinski definition) is 6. The maximum absolute atomic E-state index is 14.9. The summed E-state index contributed by atoms with van der Waals surface area (Å²) in [5.74, 6) is -6.83. The van der Waals surface area contributed by atoms with Gasteiger partial charge in [-0.2, -0.15) is 0 Å². The first-order chi connectivity index (χ1) is 70.3. The summed E-state index contributed by atoms with van der Waals surface area (Å²) in [4.78, 5) is 170. The average molecular weight is 2040 g/mol. The van der Waals surface area contributed by atoms with Crippen LogP contribution >= 0.6 is 0 Å². The number of carbonyl (C=O) groups is 11. The molecule has 6 aliphatic heterocycles. The molecule has 0 saturated carbocycles. The Labute approximate surface area is 848 Å². The number of hydrazine groups is 3. The number of piperazine rings is 3. The lowest BCUT2D eigenvalue weighted by Crippen LogP contribution is -3.06. The molecule has 147 heavy (non-hydrogen) atoms. The summed E-state index contributed by atoms with van der Waals surface area (Å²) in [6.45, 7) is 12.0. The van der Waals surface area contributed by atoms with Crippen LogP contribution in [0.3, 0.4) is 0 Å². The number of carbonyl (C=O) groups excluding carboxylic acids is 11. The Morgan fingerprint density at radius 2 is 0.714 bits per heavy atom. The molecule has 6 fully saturated rings. The molecule has 6 atom stereocenters. The lowest BCUT2D eigenvalue weighted by Gasteiger charge is -2.55. The van der Waals surface area contributed by atoms with E-state index in [9.17, 15) is 94.3 Å². The highest BCUT2D eigenvalue weighted by Gasteiger charge is 2.55. The number of quaternary nitrogens is 1. The van der Waals surface area contributed by atoms with Gasteiger partial charge in [-0.05, 0) is 100 Å². The molecule has 6 aliphatic rings. The molecule has 42 heteroatoms. The molecule has 6 N–H and O–H groups in total. The minimum atomic E-state index is -1.14. The van der Waals surface area contributed by atoms with Crippen molar-refractivity contribution in [3.05, 3.63) is 376 Å². The fourth-order valence-corrected chi connectivity index (χ4v) is 17.8. The van der Waals surface area contributed by atoms with E-state index in [0.717, 1.165) is 59.6 Å². The standard InChI is InChI=1S/C38H34F2N6O8.C36H41F2N7O5.C31H31F2N5O4.ClH/c1-2-18-43-24-35(47)44-33(19-25-8-14-30(15-9-25)53-38(50)54-31-16-12-29(13-17-31)46(51)52)36(48)42(22-27-10-11-28(39)20-32(27)40)23-34(44)45(43)37(49)41-21-26-6-4-3-5-7-26;1-4-17-43-24-33(46)44-31(19-25-10-14-29(15-11-25)50-36(49)39-16-18-41(2)3)34(47)42(22-27-12-13-28(37)20-30(27)38)23-32(44)45(43)35(48)40-21-26-8-6-5-7-9-26;1-2-14-36-20-29(40)37-27(15-21-8-12-25(39)13-9-21)30(41)35(18-23-10-11-24(32)16-26(23)33)19-28(37)38(36)31(42)34-17-22-6-4-3-5-7-22;/h2-17,20,33-34H,1,18-19,21-24H2,(H,41,49);4-15,20,31-32H,1,16-19,21-24H2,2-3H3,(H,39,49)(H,40,48);2-13,16,27-28,39H,1,14-15,17-20H2,(H,34,42);1H/t33-,34-;31-,32-;27-,28-;/m000./s1. The third-order valence-electron chi connectivity index (χ3n) is 24.7. The van der Waals surface area contributed by atoms with Crippen molar-refractivity contribution in [1.82, 2.24) is 80.7 Å². The molecule has 10 aromatic carbocycles. The summed E-state index contributed by atoms with van der Waals surface area (Å²) in [7, 11) is 3.94. The highest BCUT2D eigenvalue weighted by molar-refractivity contribution is 5.94. The number of phenolic OH excluding ortho intramolecular Hbond substituents is 1. The zero-order valence-electron chi connectivity index (χ0n) is 80.0. The largest absolute Gasteiger partial charge is 1.00 e. The van der Waals surface area contributed by atoms with Crippen molar-refractivity contribution >= 4 is 71.5 Å². The fraction of sp³-hybridized carbons (Fsp3) is 0.267. The highest BCUT2D eigenvalue weighted by atomic mass is 35.5. The third-order valence-corrected chi connectivity index (χ3v) is 24.7. The van der Waals surface area contributed by atoms with Crippen LogP contribution in [0.2, 0.25) is 0 Å². The Morgan fingerprint density at radius 3 is 1.01 bits per heavy atom. The number of nitrogens with zero attached hydrogens (tertiary/aromatic N) is 13. The zero-order valence-corrected chi connectivity index (χ0v) is 80.7. The van der Waals surface area contributed by atoms with Crippen LogP contribution in [-0.4, -0.2) is 258 Å². The molecule has 0 aromatic heterocycles. The fourth-order valence-electron chi connectivity index (χ4n) is 17.8. The van der Waals surface area contributed by atoms with Gasteiger partial charge in [0.05, 0.1) is 71.4 Å². The van der Waals surface area contributed by atoms with Gasteiger partial charge in [-0.3, -0.25) is 38.9 Å². The summed E-state index contributed by atoms with van der Waals surface area (Å²) >= 11 is 0. The van der Waals surface area contributed by atoms with E-state index in [1.54, 1.807) is 76.8 Å². The predicted molar refractivity (Wildman–Crippen MR) is 519 cm³/mol. The van der Waals surface area contributed by atoms with E-state index in [1.807, 2.05) is 105 Å². The second-order valence-electron chi connectivity index (χ2n) is 35.2. The van der Waals surface area contributed by atoms with E-state index in [0.29, 0.717) is 29.0 Å². The number of benzene rings is 10. The number of hydrogen-bond acceptors (Lipinski definition) is 20. The number of likely N-dealkylation sites (N-methyl/N-ethyl adjacent to an activating group) is 1. The number of urea groups is 3. The van der Waals surface area contributed by atoms with E-state index in [1.165, 1.54) is 121 Å². The maximum atomic E-state index is 14.9. The number of rotatable bonds is 31. The quantitative estimate of drug-likeness (QED) is 0.00610. The average Bonchev–Trinajstić information content (AvgIpc) is 0.749. The number of phenols is 1. The first kappa shape index (κ1) is 108. The van der Waals surface area contributed by atoms with E-state index >= 15 is 0 Å². The molecule has 0 spiro atoms. The summed E-state index contributed by atoms with van der Waals surface area (Å²) in [6, 6.07) is 56.2. The number of ether oxygens (including phenoxy) is 3. The smallest absolute Gasteiger partial charge is 0.519 e. The SMILES string of the molecule is C=CCN1CC(=O)N2[C@@H](Cc3ccc(O)cc3)C(=O)N(Cc3ccc(F)cc3F)C[C@@H]2N1C(=O)NCc1ccccc1.C=CCN1CC(=O)N2[C@@H](Cc3ccc(OC(=O)NCC[NH+](C)C)cc3)C(=O)N(Cc3ccc(F)cc3F)C[C@@H]2N1C(=O)NCc1ccccc1.C=CCN1CC(=O)N2[C@@H](Cc3ccc(OC(=O)Oc4ccc([N+](=O)[O-])cc4)cc3)C(=O)N(Cc3ccc(F)cc3F)C[C@@H]2N1C(=O)NCc1ccccc1.[Cl-]. The Morgan fingerprint density at radius 1 is 0.415 bits per heavy atom. The van der Waals surface area contributed by atoms with Crippen molar-refractivity contribution in [1.29, 1.82) is 0 Å². The summed E-state index contributed by atoms with van der Waals surface area (Å²) < 4.78 is 101. The van der Waals surface area contributed by atoms with E-state index in [-0.39, 0.29) is 181 Å². The number of non-ortho nitro benzene ring substituents is 1. The zero-order chi connectivity index (χ0) is 104. The lowest BCUT2D eigenvalue weighted by atomic mass is 9.98. The molecular formula is C105H107ClF6N18O17. The van der Waals surface area contributed by atoms with Crippen molar-refractivity contribution in [2.75, 3.05) is 86.1 Å². The van der Waals surface area contributed by atoms with Gasteiger partial charge in [0.25, 0.3) is 5.69 Å². The van der Waals surface area contributed by atoms with Crippen molar-refractivity contribution in [2.24, 2.45) is 0 Å². The molecule has 16 rings (SSSR count). The van der Waals surface area contributed by atoms with Crippen LogP contribution < -0.4 is 52.8 Å². The van der Waals surface area contributed by atoms with Gasteiger partial charge in [0.15, 0.2) is 0 Å². The van der Waals surface area contributed by atoms with Gasteiger partial charge in [0, 0.05) is 125 Å². The topological polar surface area (TPSA) is 370 Å². The predicted octanol–water partition coefficient (Wildman–Crippen LogP) is 7.53. The second kappa shape index (κ2) is 50.1. The molecule has 0 bridgehead atoms. The van der Waals surface area contributed by atoms with Gasteiger partial charge in [-0.1, -0.05) is 164 Å². The van der Waals surface area contributed by atoms with E-state index in [2.05, 4.69) is 41.0 Å². The molecule has 6 heterocycles. The van der Waals surface area contributed by atoms with Crippen LogP contribution in [-0.2, 0) is 87.3 Å². The second-order valence-corrected chi connectivity index (χ2v) is 35.2. The number of amides is 13. The normalized spacial score (nSPS) is 17.8. The molecule has 0 unspecified atom stereocenters. The van der Waals surface area contributed by atoms with Gasteiger partial charge >= 0.3 is 30.3 Å². The molecule has 0 radical (unpaired) electrons. The minimum absolute atomic E-state index is 0. The Kier molecular flexibility index (Phi) is 36.8. The third kappa shape index (κ3) is 27.5. The summed E-state index contributed by atoms with van der Waals surface area (Å²) in [5, 5.41) is 40.9. The van der Waals surface area contributed by atoms with Crippen molar-refractivity contribution < 1.29 is 121 Å². The van der Waals surface area contributed by atoms with Crippen LogP contribution in [0.25, 0.3) is 0 Å². The molecular weight excluding hydrogens is 1930 g/mol. The monoisotopic (exact) mass is 2040 g/mol. The molecule has 0 aliphatic carbocycles. The van der Waals surface area contributed by atoms with Gasteiger partial charge in [-0.15, -0.1) is 19.7 Å². The highest BCUT2D eigenvalue weighted by Crippen LogP contribution is 2.36. The van der Waals surface area contributed by atoms with Crippen LogP contribution in [0, 0.1) is 45.0 Å². The Bertz CT molecular complexity index is 6430. The van der Waals surface area contributed by atoms with E-state index in [4.69, 9.17) is 14.2 Å². The van der Waals surface area contributed by atoms with Gasteiger partial charge in [0.1, 0.15) is 94.5 Å². The van der Waals surface area contributed by atoms with Crippen molar-refractivity contribution in [2.45, 2.75) is 95.2 Å². The van der Waals surface area contributed by atoms with Gasteiger partial charge < -0.3 is 87.3 Å². The number of aromatic hydroxyl groups is 1. The Balaban J connectivity index is 0.000000185. The number of nitro groups is 1. The Hall–Kier alpha value is -16.5. The first-order valence-corrected chi connectivity index (χ1v) is 46.7. The van der Waals surface area contributed by atoms with E-state index < -0.39 is 130 Å². The molecule has 6 saturated heterocycles. The maximum Gasteiger partial charge on any atom is 0.519 e. The van der Waals surface area contributed by atoms with Crippen molar-refractivity contribution in [3.63, 3.8) is 0 Å². The molecule has 10 aromatic rings. The van der Waals surface area contributed by atoms with Crippen LogP contribution in [0.4, 0.5) is 56.0 Å². The molecule has 35 nitrogen and oxygen atoms in total. The lowest BCUT2D eigenvalue weighted by molar-refractivity contribution is -0.856. The van der Waals surface area contributed by atoms with Crippen molar-refractivity contribution in [3.8, 4) is 23.0 Å². The van der Waals surface area contributed by atoms with Crippen LogP contribution in [0.15, 0.2) is 281 Å². The van der Waals surface area contributed by atoms with Crippen LogP contribution in [0.1, 0.15) is 50.1 Å². The number of nitro benzene ring substituents is 1.